The highest BCUT2D eigenvalue weighted by atomic mass is 35.5. The Morgan fingerprint density at radius 3 is 2.40 bits per heavy atom. The van der Waals surface area contributed by atoms with Crippen molar-refractivity contribution in [2.75, 3.05) is 20.2 Å². The quantitative estimate of drug-likeness (QED) is 0.177. The number of halogens is 1. The molecule has 5 heterocycles. The molecule has 14 heteroatoms. The number of ether oxygens (including phenoxy) is 2. The van der Waals surface area contributed by atoms with Crippen molar-refractivity contribution < 1.29 is 14.3 Å². The molecule has 0 bridgehead atoms. The molecule has 0 aromatic rings. The number of hydrogen-bond donors (Lipinski definition) is 5. The van der Waals surface area contributed by atoms with Gasteiger partial charge >= 0.3 is 0 Å². The number of hydrogen-bond acceptors (Lipinski definition) is 12. The van der Waals surface area contributed by atoms with E-state index in [9.17, 15) is 10.1 Å². The van der Waals surface area contributed by atoms with Crippen LogP contribution < -0.4 is 27.0 Å². The van der Waals surface area contributed by atoms with Crippen LogP contribution >= 0.6 is 23.4 Å². The number of carbonyl (C=O) groups is 1. The normalized spacial score (nSPS) is 49.1. The van der Waals surface area contributed by atoms with Gasteiger partial charge in [0.25, 0.3) is 0 Å². The molecule has 1 amide bonds. The van der Waals surface area contributed by atoms with Gasteiger partial charge in [0.15, 0.2) is 0 Å². The molecule has 15 atom stereocenters. The molecular formula is C46H76ClN9O3S. The van der Waals surface area contributed by atoms with Crippen molar-refractivity contribution in [2.24, 2.45) is 45.9 Å². The largest absolute Gasteiger partial charge is 0.380 e. The SMILES string of the molecule is COC1CC(OC2CCC(NC(=O)C3CCC(N4CCC5(CCC(C6CCC(C7=N[C@@H](C)C8NNC(C)N8C8SC(C)C(C)C78)C(Cl)C6)CC5)C4)NN3)CC2)CCC1C#N. The minimum Gasteiger partial charge on any atom is -0.380 e. The highest BCUT2D eigenvalue weighted by molar-refractivity contribution is 8.00. The number of alkyl halides is 1. The van der Waals surface area contributed by atoms with Gasteiger partial charge in [0.1, 0.15) is 6.04 Å². The predicted octanol–water partition coefficient (Wildman–Crippen LogP) is 6.27. The molecular weight excluding hydrogens is 794 g/mol. The van der Waals surface area contributed by atoms with Crippen molar-refractivity contribution in [3.63, 3.8) is 0 Å². The van der Waals surface area contributed by atoms with Crippen molar-refractivity contribution in [2.45, 2.75) is 208 Å². The summed E-state index contributed by atoms with van der Waals surface area (Å²) >= 11 is 9.68. The van der Waals surface area contributed by atoms with Gasteiger partial charge in [-0.15, -0.1) is 23.4 Å². The van der Waals surface area contributed by atoms with Gasteiger partial charge in [0.05, 0.1) is 60.2 Å². The number of nitriles is 1. The first-order chi connectivity index (χ1) is 29.0. The smallest absolute Gasteiger partial charge is 0.238 e. The van der Waals surface area contributed by atoms with Crippen LogP contribution in [0, 0.1) is 52.3 Å². The van der Waals surface area contributed by atoms with Crippen molar-refractivity contribution in [3.05, 3.63) is 0 Å². The first-order valence-electron chi connectivity index (χ1n) is 24.3. The summed E-state index contributed by atoms with van der Waals surface area (Å²) in [5, 5.41) is 14.0. The Kier molecular flexibility index (Phi) is 13.8. The summed E-state index contributed by atoms with van der Waals surface area (Å²) in [7, 11) is 1.70. The highest BCUT2D eigenvalue weighted by Gasteiger charge is 2.55. The van der Waals surface area contributed by atoms with Crippen LogP contribution in [0.1, 0.15) is 137 Å². The molecule has 60 heavy (non-hydrogen) atoms. The van der Waals surface area contributed by atoms with E-state index in [4.69, 9.17) is 26.1 Å². The lowest BCUT2D eigenvalue weighted by Crippen LogP contribution is -2.62. The van der Waals surface area contributed by atoms with Crippen LogP contribution in [0.5, 0.6) is 0 Å². The molecule has 4 aliphatic carbocycles. The summed E-state index contributed by atoms with van der Waals surface area (Å²) in [5.74, 6) is 3.10. The second kappa shape index (κ2) is 18.8. The third-order valence-corrected chi connectivity index (χ3v) is 19.7. The molecule has 1 spiro atoms. The number of thioether (sulfide) groups is 1. The van der Waals surface area contributed by atoms with Crippen molar-refractivity contribution in [3.8, 4) is 6.07 Å². The van der Waals surface area contributed by atoms with Gasteiger partial charge in [0.2, 0.25) is 5.91 Å². The van der Waals surface area contributed by atoms with Crippen LogP contribution in [0.25, 0.3) is 0 Å². The molecule has 5 N–H and O–H groups in total. The van der Waals surface area contributed by atoms with Crippen LogP contribution in [0.15, 0.2) is 4.99 Å². The zero-order chi connectivity index (χ0) is 41.7. The van der Waals surface area contributed by atoms with Gasteiger partial charge in [-0.3, -0.25) is 19.6 Å². The number of hydrazine groups is 2. The molecule has 0 radical (unpaired) electrons. The van der Waals surface area contributed by atoms with Gasteiger partial charge < -0.3 is 14.8 Å². The Hall–Kier alpha value is -1.05. The molecule has 336 valence electrons. The third-order valence-electron chi connectivity index (χ3n) is 17.6. The Morgan fingerprint density at radius 2 is 1.68 bits per heavy atom. The Bertz CT molecular complexity index is 1560. The maximum Gasteiger partial charge on any atom is 0.238 e. The Morgan fingerprint density at radius 1 is 0.900 bits per heavy atom. The summed E-state index contributed by atoms with van der Waals surface area (Å²) in [4.78, 5) is 24.3. The maximum atomic E-state index is 13.4. The van der Waals surface area contributed by atoms with Gasteiger partial charge in [-0.2, -0.15) is 5.26 Å². The van der Waals surface area contributed by atoms with Gasteiger partial charge in [-0.25, -0.2) is 21.7 Å². The minimum absolute atomic E-state index is 0.0259. The number of aliphatic imine (C=N–C) groups is 1. The zero-order valence-corrected chi connectivity index (χ0v) is 38.7. The standard InChI is InChI=1S/C46H76ClN9O3S/c1-26-28(3)60-45-41(26)42(49-27(2)43-54-51-29(4)56(43)45)36-13-7-31(22-37(36)47)30-16-18-46(19-17-30)20-21-55(25-46)40-15-14-38(52-53-40)44(57)50-33-8-11-34(12-9-33)59-35-10-6-32(24-48)39(23-35)58-5/h26-41,43,45,51-54H,6-23,25H2,1-5H3,(H,50,57)/t26?,27-,28?,29?,30?,31?,32?,33?,34?,35?,36?,37?,38?,39?,40?,41?,43?,45?,46?/m0/s1. The van der Waals surface area contributed by atoms with Crippen molar-refractivity contribution in [1.29, 1.82) is 5.26 Å². The number of methoxy groups -OCH3 is 1. The van der Waals surface area contributed by atoms with Gasteiger partial charge in [0, 0.05) is 60.8 Å². The highest BCUT2D eigenvalue weighted by Crippen LogP contribution is 2.53. The second-order valence-corrected chi connectivity index (χ2v) is 23.1. The van der Waals surface area contributed by atoms with Crippen LogP contribution in [-0.4, -0.2) is 113 Å². The number of fused-ring (bicyclic) bond motifs is 3. The second-order valence-electron chi connectivity index (χ2n) is 21.0. The lowest BCUT2D eigenvalue weighted by atomic mass is 9.63. The molecule has 4 saturated heterocycles. The van der Waals surface area contributed by atoms with E-state index in [2.05, 4.69) is 82.3 Å². The topological polar surface area (TPSA) is 138 Å². The lowest BCUT2D eigenvalue weighted by Gasteiger charge is -2.44. The number of likely N-dealkylation sites (tertiary alicyclic amines) is 1. The molecule has 0 aromatic carbocycles. The van der Waals surface area contributed by atoms with Crippen molar-refractivity contribution >= 4 is 35.0 Å². The molecule has 14 unspecified atom stereocenters. The van der Waals surface area contributed by atoms with E-state index in [1.54, 1.807) is 7.11 Å². The minimum atomic E-state index is -0.191. The molecule has 12 nitrogen and oxygen atoms in total. The summed E-state index contributed by atoms with van der Waals surface area (Å²) in [6.07, 6.45) is 19.8. The van der Waals surface area contributed by atoms with E-state index in [1.807, 2.05) is 0 Å². The number of rotatable bonds is 8. The average molecular weight is 871 g/mol. The van der Waals surface area contributed by atoms with Crippen LogP contribution in [-0.2, 0) is 14.3 Å². The van der Waals surface area contributed by atoms with E-state index in [-0.39, 0.29) is 66.0 Å². The third kappa shape index (κ3) is 8.97. The van der Waals surface area contributed by atoms with Crippen molar-refractivity contribution in [1.82, 2.24) is 36.8 Å². The Balaban J connectivity index is 0.696. The van der Waals surface area contributed by atoms with E-state index < -0.39 is 0 Å². The average Bonchev–Trinajstić information content (AvgIpc) is 3.92. The number of nitrogens with zero attached hydrogens (tertiary/aromatic N) is 4. The fourth-order valence-corrected chi connectivity index (χ4v) is 16.0. The summed E-state index contributed by atoms with van der Waals surface area (Å²) in [6, 6.07) is 2.62. The maximum absolute atomic E-state index is 13.4. The monoisotopic (exact) mass is 870 g/mol. The van der Waals surface area contributed by atoms with Crippen LogP contribution in [0.3, 0.4) is 0 Å². The van der Waals surface area contributed by atoms with E-state index in [0.717, 1.165) is 82.6 Å². The number of nitrogens with one attached hydrogen (secondary N) is 5. The van der Waals surface area contributed by atoms with E-state index in [1.165, 1.54) is 57.2 Å². The molecule has 5 aliphatic heterocycles. The lowest BCUT2D eigenvalue weighted by molar-refractivity contribution is -0.126. The predicted molar refractivity (Wildman–Crippen MR) is 239 cm³/mol. The fourth-order valence-electron chi connectivity index (χ4n) is 13.7. The molecule has 0 aromatic heterocycles. The first-order valence-corrected chi connectivity index (χ1v) is 25.7. The molecule has 9 rings (SSSR count). The van der Waals surface area contributed by atoms with E-state index in [0.29, 0.717) is 40.0 Å². The van der Waals surface area contributed by atoms with Gasteiger partial charge in [-0.1, -0.05) is 13.8 Å². The number of carbonyl (C=O) groups excluding carboxylic acids is 1. The van der Waals surface area contributed by atoms with Crippen LogP contribution in [0.4, 0.5) is 0 Å². The van der Waals surface area contributed by atoms with Gasteiger partial charge in [-0.05, 0) is 140 Å². The Labute approximate surface area is 369 Å². The first kappa shape index (κ1) is 44.2. The summed E-state index contributed by atoms with van der Waals surface area (Å²) in [5.41, 5.74) is 16.0. The summed E-state index contributed by atoms with van der Waals surface area (Å²) in [6.45, 7) is 11.8. The fraction of sp³-hybridized carbons (Fsp3) is 0.935. The van der Waals surface area contributed by atoms with E-state index >= 15 is 0 Å². The zero-order valence-electron chi connectivity index (χ0n) is 37.1. The summed E-state index contributed by atoms with van der Waals surface area (Å²) < 4.78 is 12.1. The molecule has 9 aliphatic rings. The molecule has 8 fully saturated rings. The molecule has 4 saturated carbocycles. The number of amides is 1. The van der Waals surface area contributed by atoms with Crippen LogP contribution in [0.2, 0.25) is 0 Å².